The Bertz CT molecular complexity index is 1150. The first kappa shape index (κ1) is 16.4. The number of benzene rings is 3. The number of aromatic nitrogens is 2. The Kier molecular flexibility index (Phi) is 4.24. The van der Waals surface area contributed by atoms with Gasteiger partial charge in [-0.25, -0.2) is 13.1 Å². The summed E-state index contributed by atoms with van der Waals surface area (Å²) in [4.78, 5) is 4.42. The highest BCUT2D eigenvalue weighted by Crippen LogP contribution is 2.19. The summed E-state index contributed by atoms with van der Waals surface area (Å²) >= 11 is 0. The van der Waals surface area contributed by atoms with E-state index in [1.807, 2.05) is 54.6 Å². The molecule has 26 heavy (non-hydrogen) atoms. The molecule has 1 heterocycles. The van der Waals surface area contributed by atoms with E-state index in [4.69, 9.17) is 4.52 Å². The van der Waals surface area contributed by atoms with E-state index in [-0.39, 0.29) is 17.3 Å². The normalized spacial score (nSPS) is 11.7. The molecule has 0 saturated carbocycles. The third-order valence-corrected chi connectivity index (χ3v) is 5.34. The van der Waals surface area contributed by atoms with Gasteiger partial charge in [0.1, 0.15) is 0 Å². The first-order valence-corrected chi connectivity index (χ1v) is 9.47. The third kappa shape index (κ3) is 3.35. The van der Waals surface area contributed by atoms with E-state index in [2.05, 4.69) is 14.9 Å². The summed E-state index contributed by atoms with van der Waals surface area (Å²) in [7, 11) is -3.68. The zero-order valence-corrected chi connectivity index (χ0v) is 14.5. The number of sulfonamides is 1. The monoisotopic (exact) mass is 365 g/mol. The summed E-state index contributed by atoms with van der Waals surface area (Å²) in [5.74, 6) is 0.624. The summed E-state index contributed by atoms with van der Waals surface area (Å²) in [5.41, 5.74) is 0.805. The van der Waals surface area contributed by atoms with Crippen LogP contribution in [0.3, 0.4) is 0 Å². The van der Waals surface area contributed by atoms with Crippen molar-refractivity contribution in [2.75, 3.05) is 0 Å². The summed E-state index contributed by atoms with van der Waals surface area (Å²) in [6.45, 7) is -0.0744. The average Bonchev–Trinajstić information content (AvgIpc) is 3.16. The molecule has 0 atom stereocenters. The van der Waals surface area contributed by atoms with Gasteiger partial charge in [0.15, 0.2) is 0 Å². The first-order valence-electron chi connectivity index (χ1n) is 7.98. The highest BCUT2D eigenvalue weighted by Gasteiger charge is 2.16. The molecule has 4 rings (SSSR count). The van der Waals surface area contributed by atoms with E-state index in [9.17, 15) is 8.42 Å². The van der Waals surface area contributed by atoms with Crippen molar-refractivity contribution >= 4 is 20.8 Å². The molecule has 1 aromatic heterocycles. The zero-order chi connectivity index (χ0) is 18.0. The van der Waals surface area contributed by atoms with E-state index in [0.717, 1.165) is 16.3 Å². The molecule has 3 aromatic carbocycles. The molecule has 130 valence electrons. The van der Waals surface area contributed by atoms with Crippen LogP contribution >= 0.6 is 0 Å². The number of fused-ring (bicyclic) bond motifs is 1. The van der Waals surface area contributed by atoms with Crippen LogP contribution in [0.25, 0.3) is 22.2 Å². The fraction of sp³-hybridized carbons (Fsp3) is 0.0526. The molecule has 0 saturated heterocycles. The summed E-state index contributed by atoms with van der Waals surface area (Å²) in [5, 5.41) is 5.72. The van der Waals surface area contributed by atoms with Crippen LogP contribution in [0.15, 0.2) is 82.2 Å². The van der Waals surface area contributed by atoms with Gasteiger partial charge in [-0.2, -0.15) is 4.98 Å². The van der Waals surface area contributed by atoms with Crippen LogP contribution in [0.2, 0.25) is 0 Å². The van der Waals surface area contributed by atoms with Crippen molar-refractivity contribution < 1.29 is 12.9 Å². The Labute approximate surface area is 150 Å². The smallest absolute Gasteiger partial charge is 0.242 e. The minimum absolute atomic E-state index is 0.0744. The van der Waals surface area contributed by atoms with Crippen molar-refractivity contribution in [3.05, 3.63) is 78.7 Å². The third-order valence-electron chi connectivity index (χ3n) is 3.94. The maximum Gasteiger partial charge on any atom is 0.242 e. The van der Waals surface area contributed by atoms with E-state index in [0.29, 0.717) is 5.82 Å². The lowest BCUT2D eigenvalue weighted by Gasteiger charge is -2.06. The highest BCUT2D eigenvalue weighted by atomic mass is 32.2. The van der Waals surface area contributed by atoms with Crippen molar-refractivity contribution in [3.63, 3.8) is 0 Å². The van der Waals surface area contributed by atoms with Crippen LogP contribution in [0.1, 0.15) is 5.89 Å². The molecule has 6 nitrogen and oxygen atoms in total. The average molecular weight is 365 g/mol. The molecular formula is C19H15N3O3S. The summed E-state index contributed by atoms with van der Waals surface area (Å²) in [6, 6.07) is 21.9. The molecule has 0 radical (unpaired) electrons. The fourth-order valence-electron chi connectivity index (χ4n) is 2.61. The molecule has 0 aliphatic carbocycles. The topological polar surface area (TPSA) is 85.1 Å². The van der Waals surface area contributed by atoms with Gasteiger partial charge >= 0.3 is 0 Å². The van der Waals surface area contributed by atoms with Gasteiger partial charge in [-0.3, -0.25) is 0 Å². The van der Waals surface area contributed by atoms with Crippen LogP contribution in [0.4, 0.5) is 0 Å². The maximum absolute atomic E-state index is 12.5. The molecule has 0 unspecified atom stereocenters. The number of hydrogen-bond donors (Lipinski definition) is 1. The minimum atomic E-state index is -3.68. The van der Waals surface area contributed by atoms with Gasteiger partial charge in [0.2, 0.25) is 21.7 Å². The Morgan fingerprint density at radius 1 is 0.885 bits per heavy atom. The van der Waals surface area contributed by atoms with Gasteiger partial charge < -0.3 is 4.52 Å². The van der Waals surface area contributed by atoms with Gasteiger partial charge in [0, 0.05) is 5.56 Å². The maximum atomic E-state index is 12.5. The van der Waals surface area contributed by atoms with Crippen molar-refractivity contribution in [1.29, 1.82) is 0 Å². The number of nitrogens with one attached hydrogen (secondary N) is 1. The Morgan fingerprint density at radius 2 is 1.62 bits per heavy atom. The van der Waals surface area contributed by atoms with Crippen LogP contribution in [-0.4, -0.2) is 18.6 Å². The molecule has 4 aromatic rings. The summed E-state index contributed by atoms with van der Waals surface area (Å²) in [6.07, 6.45) is 0. The van der Waals surface area contributed by atoms with Gasteiger partial charge in [0.05, 0.1) is 11.4 Å². The molecule has 0 aliphatic rings. The second-order valence-corrected chi connectivity index (χ2v) is 7.48. The lowest BCUT2D eigenvalue weighted by molar-refractivity contribution is 0.376. The van der Waals surface area contributed by atoms with Gasteiger partial charge in [-0.15, -0.1) is 0 Å². The first-order chi connectivity index (χ1) is 12.6. The second kappa shape index (κ2) is 6.70. The van der Waals surface area contributed by atoms with E-state index >= 15 is 0 Å². The van der Waals surface area contributed by atoms with Crippen LogP contribution in [-0.2, 0) is 16.6 Å². The molecule has 0 spiro atoms. The predicted octanol–water partition coefficient (Wildman–Crippen LogP) is 3.37. The standard InChI is InChI=1S/C19H15N3O3S/c23-26(24,17-11-10-14-6-4-5-9-16(14)12-17)20-13-18-21-19(22-25-18)15-7-2-1-3-8-15/h1-12,20H,13H2. The Hall–Kier alpha value is -3.03. The second-order valence-electron chi connectivity index (χ2n) is 5.71. The van der Waals surface area contributed by atoms with Crippen molar-refractivity contribution in [1.82, 2.24) is 14.9 Å². The summed E-state index contributed by atoms with van der Waals surface area (Å²) < 4.78 is 32.7. The highest BCUT2D eigenvalue weighted by molar-refractivity contribution is 7.89. The van der Waals surface area contributed by atoms with Crippen molar-refractivity contribution in [2.24, 2.45) is 0 Å². The zero-order valence-electron chi connectivity index (χ0n) is 13.7. The molecule has 0 fully saturated rings. The molecular weight excluding hydrogens is 350 g/mol. The van der Waals surface area contributed by atoms with E-state index in [1.54, 1.807) is 18.2 Å². The van der Waals surface area contributed by atoms with E-state index < -0.39 is 10.0 Å². The molecule has 7 heteroatoms. The number of nitrogens with zero attached hydrogens (tertiary/aromatic N) is 2. The molecule has 1 N–H and O–H groups in total. The Morgan fingerprint density at radius 3 is 2.42 bits per heavy atom. The molecule has 0 aliphatic heterocycles. The lowest BCUT2D eigenvalue weighted by atomic mass is 10.1. The SMILES string of the molecule is O=S(=O)(NCc1nc(-c2ccccc2)no1)c1ccc2ccccc2c1. The number of hydrogen-bond acceptors (Lipinski definition) is 5. The van der Waals surface area contributed by atoms with Gasteiger partial charge in [-0.1, -0.05) is 65.8 Å². The minimum Gasteiger partial charge on any atom is -0.338 e. The number of rotatable bonds is 5. The molecule has 0 amide bonds. The van der Waals surface area contributed by atoms with Crippen LogP contribution in [0, 0.1) is 0 Å². The lowest BCUT2D eigenvalue weighted by Crippen LogP contribution is -2.23. The molecule has 0 bridgehead atoms. The van der Waals surface area contributed by atoms with E-state index in [1.165, 1.54) is 0 Å². The largest absolute Gasteiger partial charge is 0.338 e. The van der Waals surface area contributed by atoms with Gasteiger partial charge in [-0.05, 0) is 22.9 Å². The predicted molar refractivity (Wildman–Crippen MR) is 97.7 cm³/mol. The van der Waals surface area contributed by atoms with Crippen LogP contribution in [0.5, 0.6) is 0 Å². The van der Waals surface area contributed by atoms with Gasteiger partial charge in [0.25, 0.3) is 0 Å². The quantitative estimate of drug-likeness (QED) is 0.586. The fourth-order valence-corrected chi connectivity index (χ4v) is 3.62. The van der Waals surface area contributed by atoms with Crippen LogP contribution < -0.4 is 4.72 Å². The Balaban J connectivity index is 1.52. The van der Waals surface area contributed by atoms with Crippen molar-refractivity contribution in [3.8, 4) is 11.4 Å². The van der Waals surface area contributed by atoms with Crippen molar-refractivity contribution in [2.45, 2.75) is 11.4 Å².